The summed E-state index contributed by atoms with van der Waals surface area (Å²) in [4.78, 5) is 0. The minimum atomic E-state index is -2.02. The molecular formula is C22H21BrNP. The Kier molecular flexibility index (Phi) is 6.94. The van der Waals surface area contributed by atoms with Crippen LogP contribution in [0.25, 0.3) is 0 Å². The van der Waals surface area contributed by atoms with Crippen LogP contribution in [0.5, 0.6) is 0 Å². The molecular weight excluding hydrogens is 389 g/mol. The molecule has 1 unspecified atom stereocenters. The second kappa shape index (κ2) is 8.95. The van der Waals surface area contributed by atoms with E-state index in [9.17, 15) is 5.26 Å². The van der Waals surface area contributed by atoms with Crippen molar-refractivity contribution in [1.29, 1.82) is 5.26 Å². The molecule has 0 fully saturated rings. The molecule has 0 aliphatic carbocycles. The predicted molar refractivity (Wildman–Crippen MR) is 105 cm³/mol. The molecule has 0 radical (unpaired) electrons. The van der Waals surface area contributed by atoms with Crippen LogP contribution >= 0.6 is 7.26 Å². The number of nitrogens with zero attached hydrogens (tertiary/aromatic N) is 1. The first-order valence-corrected chi connectivity index (χ1v) is 10.1. The van der Waals surface area contributed by atoms with Crippen molar-refractivity contribution in [1.82, 2.24) is 0 Å². The Labute approximate surface area is 161 Å². The van der Waals surface area contributed by atoms with Crippen LogP contribution in [0, 0.1) is 11.3 Å². The van der Waals surface area contributed by atoms with Crippen LogP contribution in [0.3, 0.4) is 0 Å². The Morgan fingerprint density at radius 2 is 1.04 bits per heavy atom. The first kappa shape index (κ1) is 19.4. The molecule has 3 heteroatoms. The first-order chi connectivity index (χ1) is 11.8. The van der Waals surface area contributed by atoms with Crippen LogP contribution in [0.4, 0.5) is 0 Å². The van der Waals surface area contributed by atoms with Gasteiger partial charge in [0.2, 0.25) is 0 Å². The second-order valence-corrected chi connectivity index (χ2v) is 9.40. The van der Waals surface area contributed by atoms with Crippen LogP contribution in [0.2, 0.25) is 0 Å². The van der Waals surface area contributed by atoms with Crippen LogP contribution in [0.15, 0.2) is 91.0 Å². The van der Waals surface area contributed by atoms with Gasteiger partial charge in [-0.15, -0.1) is 0 Å². The van der Waals surface area contributed by atoms with E-state index in [2.05, 4.69) is 85.8 Å². The van der Waals surface area contributed by atoms with Crippen molar-refractivity contribution in [3.05, 3.63) is 91.0 Å². The Bertz CT molecular complexity index is 716. The maximum atomic E-state index is 10.0. The van der Waals surface area contributed by atoms with E-state index in [4.69, 9.17) is 0 Å². The fourth-order valence-corrected chi connectivity index (χ4v) is 8.05. The van der Waals surface area contributed by atoms with E-state index in [1.807, 2.05) is 18.2 Å². The van der Waals surface area contributed by atoms with Gasteiger partial charge < -0.3 is 17.0 Å². The van der Waals surface area contributed by atoms with Crippen molar-refractivity contribution >= 4 is 23.2 Å². The van der Waals surface area contributed by atoms with Crippen molar-refractivity contribution in [2.45, 2.75) is 19.0 Å². The maximum Gasteiger partial charge on any atom is 0.168 e. The zero-order valence-corrected chi connectivity index (χ0v) is 16.7. The van der Waals surface area contributed by atoms with Gasteiger partial charge in [-0.25, -0.2) is 0 Å². The lowest BCUT2D eigenvalue weighted by Gasteiger charge is -2.30. The fraction of sp³-hybridized carbons (Fsp3) is 0.136. The highest BCUT2D eigenvalue weighted by Crippen LogP contribution is 2.60. The smallest absolute Gasteiger partial charge is 0.168 e. The molecule has 1 atom stereocenters. The maximum absolute atomic E-state index is 10.0. The average Bonchev–Trinajstić information content (AvgIpc) is 2.68. The molecule has 3 aromatic carbocycles. The fourth-order valence-electron chi connectivity index (χ4n) is 3.43. The summed E-state index contributed by atoms with van der Waals surface area (Å²) in [6.07, 6.45) is 0.836. The molecule has 0 aliphatic rings. The monoisotopic (exact) mass is 409 g/mol. The van der Waals surface area contributed by atoms with Gasteiger partial charge in [-0.05, 0) is 42.8 Å². The average molecular weight is 410 g/mol. The lowest BCUT2D eigenvalue weighted by molar-refractivity contribution is -0.00000495. The minimum Gasteiger partial charge on any atom is -1.00 e. The van der Waals surface area contributed by atoms with Gasteiger partial charge in [0, 0.05) is 0 Å². The van der Waals surface area contributed by atoms with Crippen LogP contribution < -0.4 is 32.9 Å². The Hall–Kier alpha value is -1.94. The molecule has 1 nitrogen and oxygen atoms in total. The molecule has 25 heavy (non-hydrogen) atoms. The van der Waals surface area contributed by atoms with Crippen LogP contribution in [-0.4, -0.2) is 5.66 Å². The third-order valence-corrected chi connectivity index (χ3v) is 9.25. The minimum absolute atomic E-state index is 0. The lowest BCUT2D eigenvalue weighted by atomic mass is 10.3. The molecule has 0 saturated heterocycles. The summed E-state index contributed by atoms with van der Waals surface area (Å²) in [6.45, 7) is 2.12. The Morgan fingerprint density at radius 3 is 1.28 bits per heavy atom. The third-order valence-electron chi connectivity index (χ3n) is 4.49. The van der Waals surface area contributed by atoms with Gasteiger partial charge in [0.05, 0.1) is 0 Å². The lowest BCUT2D eigenvalue weighted by Crippen LogP contribution is -3.00. The SMILES string of the molecule is CCC(C#N)[P+](c1ccccc1)(c1ccccc1)c1ccccc1.[Br-]. The number of hydrogen-bond donors (Lipinski definition) is 0. The van der Waals surface area contributed by atoms with E-state index in [0.29, 0.717) is 0 Å². The summed E-state index contributed by atoms with van der Waals surface area (Å²) in [5.41, 5.74) is -0.0373. The molecule has 0 aliphatic heterocycles. The summed E-state index contributed by atoms with van der Waals surface area (Å²) < 4.78 is 0. The summed E-state index contributed by atoms with van der Waals surface area (Å²) >= 11 is 0. The Balaban J connectivity index is 0.00000225. The van der Waals surface area contributed by atoms with Gasteiger partial charge in [0.15, 0.2) is 5.66 Å². The zero-order chi connectivity index (χ0) is 16.8. The van der Waals surface area contributed by atoms with Gasteiger partial charge in [0.1, 0.15) is 29.2 Å². The normalized spacial score (nSPS) is 11.8. The van der Waals surface area contributed by atoms with Crippen molar-refractivity contribution in [2.75, 3.05) is 0 Å². The van der Waals surface area contributed by atoms with Gasteiger partial charge in [-0.3, -0.25) is 0 Å². The summed E-state index contributed by atoms with van der Waals surface area (Å²) in [6, 6.07) is 34.4. The second-order valence-electron chi connectivity index (χ2n) is 5.78. The van der Waals surface area contributed by atoms with Gasteiger partial charge in [-0.2, -0.15) is 5.26 Å². The van der Waals surface area contributed by atoms with E-state index >= 15 is 0 Å². The topological polar surface area (TPSA) is 23.8 Å². The molecule has 126 valence electrons. The largest absolute Gasteiger partial charge is 1.00 e. The number of hydrogen-bond acceptors (Lipinski definition) is 1. The Morgan fingerprint density at radius 1 is 0.720 bits per heavy atom. The quantitative estimate of drug-likeness (QED) is 0.582. The van der Waals surface area contributed by atoms with Crippen molar-refractivity contribution in [3.63, 3.8) is 0 Å². The summed E-state index contributed by atoms with van der Waals surface area (Å²) in [7, 11) is -2.02. The number of benzene rings is 3. The molecule has 3 aromatic rings. The molecule has 3 rings (SSSR count). The molecule has 0 heterocycles. The van der Waals surface area contributed by atoms with E-state index in [0.717, 1.165) is 6.42 Å². The highest BCUT2D eigenvalue weighted by molar-refractivity contribution is 7.96. The molecule has 0 saturated carbocycles. The van der Waals surface area contributed by atoms with Crippen molar-refractivity contribution in [2.24, 2.45) is 0 Å². The van der Waals surface area contributed by atoms with Crippen LogP contribution in [0.1, 0.15) is 13.3 Å². The van der Waals surface area contributed by atoms with Crippen molar-refractivity contribution in [3.8, 4) is 6.07 Å². The first-order valence-electron chi connectivity index (χ1n) is 8.29. The highest BCUT2D eigenvalue weighted by atomic mass is 79.9. The van der Waals surface area contributed by atoms with Crippen LogP contribution in [-0.2, 0) is 0 Å². The van der Waals surface area contributed by atoms with E-state index in [1.54, 1.807) is 0 Å². The van der Waals surface area contributed by atoms with Gasteiger partial charge in [0.25, 0.3) is 0 Å². The van der Waals surface area contributed by atoms with E-state index in [1.165, 1.54) is 15.9 Å². The summed E-state index contributed by atoms with van der Waals surface area (Å²) in [5.74, 6) is 0. The van der Waals surface area contributed by atoms with Crippen molar-refractivity contribution < 1.29 is 17.0 Å². The molecule has 0 N–H and O–H groups in total. The zero-order valence-electron chi connectivity index (χ0n) is 14.2. The number of nitriles is 1. The molecule has 0 bridgehead atoms. The van der Waals surface area contributed by atoms with Gasteiger partial charge in [-0.1, -0.05) is 61.5 Å². The summed E-state index contributed by atoms with van der Waals surface area (Å²) in [5, 5.41) is 13.8. The third kappa shape index (κ3) is 3.54. The van der Waals surface area contributed by atoms with Gasteiger partial charge >= 0.3 is 0 Å². The molecule has 0 aromatic heterocycles. The number of rotatable bonds is 5. The number of halogens is 1. The predicted octanol–water partition coefficient (Wildman–Crippen LogP) is 1.29. The highest BCUT2D eigenvalue weighted by Gasteiger charge is 2.51. The standard InChI is InChI=1S/C22H21NP.BrH/c1-2-19(18-23)24(20-12-6-3-7-13-20,21-14-8-4-9-15-21)22-16-10-5-11-17-22;/h3-17,19H,2H2,1H3;1H/q+1;/p-1. The molecule has 0 amide bonds. The molecule has 0 spiro atoms. The van der Waals surface area contributed by atoms with E-state index in [-0.39, 0.29) is 22.6 Å². The van der Waals surface area contributed by atoms with E-state index < -0.39 is 7.26 Å².